The van der Waals surface area contributed by atoms with Crippen molar-refractivity contribution in [2.45, 2.75) is 13.3 Å². The van der Waals surface area contributed by atoms with Gasteiger partial charge in [-0.2, -0.15) is 0 Å². The third-order valence-corrected chi connectivity index (χ3v) is 4.65. The molecule has 128 valence electrons. The lowest BCUT2D eigenvalue weighted by atomic mass is 10.1. The molecule has 3 aromatic rings. The molecular weight excluding hydrogens is 336 g/mol. The van der Waals surface area contributed by atoms with Crippen LogP contribution in [0.1, 0.15) is 23.7 Å². The Kier molecular flexibility index (Phi) is 5.40. The molecule has 3 rings (SSSR count). The molecule has 6 heteroatoms. The van der Waals surface area contributed by atoms with Gasteiger partial charge in [-0.05, 0) is 24.6 Å². The fraction of sp³-hybridized carbons (Fsp3) is 0.211. The van der Waals surface area contributed by atoms with E-state index >= 15 is 0 Å². The highest BCUT2D eigenvalue weighted by atomic mass is 32.1. The second kappa shape index (κ2) is 7.90. The van der Waals surface area contributed by atoms with Crippen LogP contribution in [0.5, 0.6) is 0 Å². The first-order valence-electron chi connectivity index (χ1n) is 8.08. The smallest absolute Gasteiger partial charge is 0.339 e. The fourth-order valence-electron chi connectivity index (χ4n) is 2.36. The summed E-state index contributed by atoms with van der Waals surface area (Å²) in [5, 5.41) is 3.43. The van der Waals surface area contributed by atoms with Crippen LogP contribution in [-0.2, 0) is 9.53 Å². The van der Waals surface area contributed by atoms with E-state index in [2.05, 4.69) is 10.3 Å². The summed E-state index contributed by atoms with van der Waals surface area (Å²) in [6.45, 7) is 2.24. The number of esters is 1. The molecule has 0 aliphatic heterocycles. The predicted molar refractivity (Wildman–Crippen MR) is 98.6 cm³/mol. The molecule has 0 aliphatic rings. The normalized spacial score (nSPS) is 10.6. The molecular formula is C19H18N2O3S. The van der Waals surface area contributed by atoms with E-state index in [1.54, 1.807) is 12.1 Å². The molecule has 1 N–H and O–H groups in total. The van der Waals surface area contributed by atoms with Crippen LogP contribution in [0.25, 0.3) is 20.8 Å². The maximum Gasteiger partial charge on any atom is 0.339 e. The summed E-state index contributed by atoms with van der Waals surface area (Å²) in [7, 11) is 0. The third kappa shape index (κ3) is 4.03. The zero-order valence-electron chi connectivity index (χ0n) is 13.8. The molecule has 0 bridgehead atoms. The molecule has 0 spiro atoms. The van der Waals surface area contributed by atoms with Gasteiger partial charge in [0.25, 0.3) is 5.91 Å². The standard InChI is InChI=1S/C19H18N2O3S/c1-2-11-20-17(22)12-24-19(23)14-8-4-3-7-13(14)18-21-15-9-5-6-10-16(15)25-18/h3-10H,2,11-12H2,1H3,(H,20,22). The zero-order chi connectivity index (χ0) is 17.6. The Balaban J connectivity index is 1.81. The molecule has 0 atom stereocenters. The molecule has 1 aromatic heterocycles. The predicted octanol–water partition coefficient (Wildman–Crippen LogP) is 3.65. The Labute approximate surface area is 149 Å². The number of hydrogen-bond acceptors (Lipinski definition) is 5. The first-order valence-corrected chi connectivity index (χ1v) is 8.89. The second-order valence-corrected chi connectivity index (χ2v) is 6.49. The number of aromatic nitrogens is 1. The Morgan fingerprint density at radius 1 is 1.12 bits per heavy atom. The Morgan fingerprint density at radius 2 is 1.88 bits per heavy atom. The first kappa shape index (κ1) is 17.1. The highest BCUT2D eigenvalue weighted by Crippen LogP contribution is 2.32. The molecule has 0 fully saturated rings. The number of benzene rings is 2. The van der Waals surface area contributed by atoms with Crippen LogP contribution < -0.4 is 5.32 Å². The largest absolute Gasteiger partial charge is 0.452 e. The lowest BCUT2D eigenvalue weighted by Crippen LogP contribution is -2.29. The van der Waals surface area contributed by atoms with Crippen molar-refractivity contribution in [2.75, 3.05) is 13.2 Å². The number of hydrogen-bond donors (Lipinski definition) is 1. The van der Waals surface area contributed by atoms with E-state index < -0.39 is 5.97 Å². The molecule has 5 nitrogen and oxygen atoms in total. The van der Waals surface area contributed by atoms with Crippen molar-refractivity contribution < 1.29 is 14.3 Å². The van der Waals surface area contributed by atoms with E-state index in [4.69, 9.17) is 4.74 Å². The molecule has 0 aliphatic carbocycles. The van der Waals surface area contributed by atoms with Crippen LogP contribution in [-0.4, -0.2) is 30.0 Å². The summed E-state index contributed by atoms with van der Waals surface area (Å²) >= 11 is 1.52. The number of nitrogens with zero attached hydrogens (tertiary/aromatic N) is 1. The van der Waals surface area contributed by atoms with Gasteiger partial charge in [-0.1, -0.05) is 37.3 Å². The van der Waals surface area contributed by atoms with Crippen LogP contribution in [0.15, 0.2) is 48.5 Å². The minimum absolute atomic E-state index is 0.285. The number of nitrogens with one attached hydrogen (secondary N) is 1. The molecule has 1 amide bonds. The maximum atomic E-state index is 12.4. The van der Waals surface area contributed by atoms with Crippen molar-refractivity contribution in [3.63, 3.8) is 0 Å². The topological polar surface area (TPSA) is 68.3 Å². The number of carbonyl (C=O) groups is 2. The molecule has 1 heterocycles. The quantitative estimate of drug-likeness (QED) is 0.686. The zero-order valence-corrected chi connectivity index (χ0v) is 14.6. The molecule has 0 unspecified atom stereocenters. The van der Waals surface area contributed by atoms with Crippen molar-refractivity contribution in [1.29, 1.82) is 0 Å². The van der Waals surface area contributed by atoms with Crippen molar-refractivity contribution in [3.8, 4) is 10.6 Å². The number of thiazole rings is 1. The lowest BCUT2D eigenvalue weighted by molar-refractivity contribution is -0.124. The number of rotatable bonds is 6. The van der Waals surface area contributed by atoms with Gasteiger partial charge in [-0.15, -0.1) is 11.3 Å². The van der Waals surface area contributed by atoms with E-state index in [1.807, 2.05) is 43.3 Å². The average Bonchev–Trinajstić information content (AvgIpc) is 3.08. The van der Waals surface area contributed by atoms with Crippen molar-refractivity contribution in [3.05, 3.63) is 54.1 Å². The van der Waals surface area contributed by atoms with Gasteiger partial charge in [0.1, 0.15) is 5.01 Å². The van der Waals surface area contributed by atoms with Gasteiger partial charge < -0.3 is 10.1 Å². The van der Waals surface area contributed by atoms with Gasteiger partial charge in [0.2, 0.25) is 0 Å². The van der Waals surface area contributed by atoms with Gasteiger partial charge in [0, 0.05) is 12.1 Å². The molecule has 0 saturated carbocycles. The van der Waals surface area contributed by atoms with Crippen LogP contribution in [0.2, 0.25) is 0 Å². The highest BCUT2D eigenvalue weighted by molar-refractivity contribution is 7.21. The average molecular weight is 354 g/mol. The summed E-state index contributed by atoms with van der Waals surface area (Å²) in [6.07, 6.45) is 0.833. The summed E-state index contributed by atoms with van der Waals surface area (Å²) in [5.41, 5.74) is 2.01. The van der Waals surface area contributed by atoms with Crippen LogP contribution in [0.3, 0.4) is 0 Å². The summed E-state index contributed by atoms with van der Waals surface area (Å²) in [6, 6.07) is 15.0. The number of para-hydroxylation sites is 1. The van der Waals surface area contributed by atoms with Crippen molar-refractivity contribution in [1.82, 2.24) is 10.3 Å². The number of amides is 1. The van der Waals surface area contributed by atoms with Crippen LogP contribution >= 0.6 is 11.3 Å². The first-order chi connectivity index (χ1) is 12.2. The Bertz CT molecular complexity index is 871. The summed E-state index contributed by atoms with van der Waals surface area (Å²) < 4.78 is 6.20. The van der Waals surface area contributed by atoms with Crippen molar-refractivity contribution >= 4 is 33.4 Å². The highest BCUT2D eigenvalue weighted by Gasteiger charge is 2.17. The molecule has 0 saturated heterocycles. The summed E-state index contributed by atoms with van der Waals surface area (Å²) in [4.78, 5) is 28.6. The van der Waals surface area contributed by atoms with Crippen LogP contribution in [0, 0.1) is 0 Å². The monoisotopic (exact) mass is 354 g/mol. The SMILES string of the molecule is CCCNC(=O)COC(=O)c1ccccc1-c1nc2ccccc2s1. The van der Waals surface area contributed by atoms with E-state index in [-0.39, 0.29) is 12.5 Å². The van der Waals surface area contributed by atoms with E-state index in [9.17, 15) is 9.59 Å². The number of carbonyl (C=O) groups excluding carboxylic acids is 2. The van der Waals surface area contributed by atoms with Crippen LogP contribution in [0.4, 0.5) is 0 Å². The van der Waals surface area contributed by atoms with Gasteiger partial charge in [-0.3, -0.25) is 4.79 Å². The molecule has 25 heavy (non-hydrogen) atoms. The van der Waals surface area contributed by atoms with E-state index in [1.165, 1.54) is 11.3 Å². The molecule has 2 aromatic carbocycles. The van der Waals surface area contributed by atoms with E-state index in [0.29, 0.717) is 17.7 Å². The van der Waals surface area contributed by atoms with Gasteiger partial charge in [0.05, 0.1) is 15.8 Å². The van der Waals surface area contributed by atoms with Crippen molar-refractivity contribution in [2.24, 2.45) is 0 Å². The Morgan fingerprint density at radius 3 is 2.68 bits per heavy atom. The minimum Gasteiger partial charge on any atom is -0.452 e. The maximum absolute atomic E-state index is 12.4. The molecule has 0 radical (unpaired) electrons. The minimum atomic E-state index is -0.526. The van der Waals surface area contributed by atoms with Gasteiger partial charge in [0.15, 0.2) is 6.61 Å². The number of fused-ring (bicyclic) bond motifs is 1. The number of ether oxygens (including phenoxy) is 1. The van der Waals surface area contributed by atoms with E-state index in [0.717, 1.165) is 21.6 Å². The van der Waals surface area contributed by atoms with Gasteiger partial charge in [-0.25, -0.2) is 9.78 Å². The third-order valence-electron chi connectivity index (χ3n) is 3.58. The second-order valence-electron chi connectivity index (χ2n) is 5.46. The lowest BCUT2D eigenvalue weighted by Gasteiger charge is -2.08. The fourth-order valence-corrected chi connectivity index (χ4v) is 3.36. The Hall–Kier alpha value is -2.73. The van der Waals surface area contributed by atoms with Gasteiger partial charge >= 0.3 is 5.97 Å². The summed E-state index contributed by atoms with van der Waals surface area (Å²) in [5.74, 6) is -0.825.